The molecule has 0 bridgehead atoms. The minimum absolute atomic E-state index is 0.843. The maximum Gasteiger partial charge on any atom is 0.155 e. The molecule has 1 aromatic heterocycles. The van der Waals surface area contributed by atoms with Gasteiger partial charge in [-0.1, -0.05) is 13.3 Å². The Morgan fingerprint density at radius 2 is 2.11 bits per heavy atom. The third-order valence-electron chi connectivity index (χ3n) is 3.06. The fourth-order valence-corrected chi connectivity index (χ4v) is 3.03. The van der Waals surface area contributed by atoms with Crippen molar-refractivity contribution < 1.29 is 0 Å². The zero-order chi connectivity index (χ0) is 13.0. The smallest absolute Gasteiger partial charge is 0.155 e. The number of nitrogens with zero attached hydrogens (tertiary/aromatic N) is 2. The molecule has 2 aromatic rings. The first-order valence-corrected chi connectivity index (χ1v) is 7.30. The van der Waals surface area contributed by atoms with E-state index in [1.165, 1.54) is 34.6 Å². The average molecular weight is 261 g/mol. The molecule has 0 atom stereocenters. The Bertz CT molecular complexity index is 506. The van der Waals surface area contributed by atoms with E-state index >= 15 is 0 Å². The predicted octanol–water partition coefficient (Wildman–Crippen LogP) is 3.98. The lowest BCUT2D eigenvalue weighted by Gasteiger charge is -2.10. The summed E-state index contributed by atoms with van der Waals surface area (Å²) in [6.45, 7) is 6.57. The Balaban J connectivity index is 2.28. The first kappa shape index (κ1) is 13.1. The van der Waals surface area contributed by atoms with Gasteiger partial charge in [-0.15, -0.1) is 11.8 Å². The summed E-state index contributed by atoms with van der Waals surface area (Å²) in [5.74, 6) is 2.02. The van der Waals surface area contributed by atoms with Gasteiger partial charge in [-0.2, -0.15) is 5.10 Å². The van der Waals surface area contributed by atoms with E-state index in [-0.39, 0.29) is 0 Å². The van der Waals surface area contributed by atoms with Crippen LogP contribution in [0.15, 0.2) is 23.4 Å². The van der Waals surface area contributed by atoms with Crippen LogP contribution in [0.1, 0.15) is 30.9 Å². The van der Waals surface area contributed by atoms with Crippen molar-refractivity contribution in [2.75, 3.05) is 5.75 Å². The van der Waals surface area contributed by atoms with Gasteiger partial charge in [0.1, 0.15) is 6.33 Å². The molecular weight excluding hydrogens is 242 g/mol. The molecule has 18 heavy (non-hydrogen) atoms. The number of aromatic amines is 1. The van der Waals surface area contributed by atoms with E-state index in [1.807, 2.05) is 11.8 Å². The van der Waals surface area contributed by atoms with E-state index in [2.05, 4.69) is 48.1 Å². The monoisotopic (exact) mass is 261 g/mol. The number of benzene rings is 1. The summed E-state index contributed by atoms with van der Waals surface area (Å²) in [6.07, 6.45) is 4.05. The minimum Gasteiger partial charge on any atom is -0.259 e. The van der Waals surface area contributed by atoms with E-state index in [1.54, 1.807) is 6.33 Å². The zero-order valence-corrected chi connectivity index (χ0v) is 12.0. The number of hydrogen-bond donors (Lipinski definition) is 1. The van der Waals surface area contributed by atoms with Crippen molar-refractivity contribution in [2.45, 2.75) is 38.5 Å². The Hall–Kier alpha value is -1.29. The summed E-state index contributed by atoms with van der Waals surface area (Å²) >= 11 is 1.94. The van der Waals surface area contributed by atoms with Gasteiger partial charge in [0.2, 0.25) is 0 Å². The highest BCUT2D eigenvalue weighted by Gasteiger charge is 2.08. The van der Waals surface area contributed by atoms with Crippen molar-refractivity contribution in [3.05, 3.63) is 29.6 Å². The van der Waals surface area contributed by atoms with Crippen LogP contribution < -0.4 is 0 Å². The van der Waals surface area contributed by atoms with Crippen molar-refractivity contribution in [3.8, 4) is 11.4 Å². The van der Waals surface area contributed by atoms with E-state index in [0.29, 0.717) is 0 Å². The van der Waals surface area contributed by atoms with Crippen LogP contribution in [0.3, 0.4) is 0 Å². The Kier molecular flexibility index (Phi) is 4.42. The SMILES string of the molecule is CCCCSc1cc(-c2ncn[nH]2)cc(C)c1C. The fourth-order valence-electron chi connectivity index (χ4n) is 1.78. The number of H-pyrrole nitrogens is 1. The molecule has 0 aliphatic rings. The molecule has 2 rings (SSSR count). The van der Waals surface area contributed by atoms with Gasteiger partial charge in [-0.05, 0) is 49.3 Å². The second-order valence-corrected chi connectivity index (χ2v) is 5.59. The van der Waals surface area contributed by atoms with Crippen molar-refractivity contribution in [1.29, 1.82) is 0 Å². The third kappa shape index (κ3) is 2.93. The standard InChI is InChI=1S/C14H19N3S/c1-4-5-6-18-13-8-12(7-10(2)11(13)3)14-15-9-16-17-14/h7-9H,4-6H2,1-3H3,(H,15,16,17). The van der Waals surface area contributed by atoms with E-state index in [4.69, 9.17) is 0 Å². The van der Waals surface area contributed by atoms with Crippen molar-refractivity contribution in [1.82, 2.24) is 15.2 Å². The summed E-state index contributed by atoms with van der Waals surface area (Å²) in [5, 5.41) is 6.84. The first-order chi connectivity index (χ1) is 8.72. The van der Waals surface area contributed by atoms with Gasteiger partial charge in [-0.3, -0.25) is 5.10 Å². The Labute approximate surface area is 112 Å². The molecule has 0 saturated carbocycles. The number of aryl methyl sites for hydroxylation is 1. The van der Waals surface area contributed by atoms with Gasteiger partial charge in [0.15, 0.2) is 5.82 Å². The highest BCUT2D eigenvalue weighted by Crippen LogP contribution is 2.30. The second-order valence-electron chi connectivity index (χ2n) is 4.45. The second kappa shape index (κ2) is 6.05. The van der Waals surface area contributed by atoms with Gasteiger partial charge in [0.25, 0.3) is 0 Å². The summed E-state index contributed by atoms with van der Waals surface area (Å²) < 4.78 is 0. The predicted molar refractivity (Wildman–Crippen MR) is 76.9 cm³/mol. The van der Waals surface area contributed by atoms with Gasteiger partial charge >= 0.3 is 0 Å². The van der Waals surface area contributed by atoms with Crippen LogP contribution >= 0.6 is 11.8 Å². The van der Waals surface area contributed by atoms with Crippen molar-refractivity contribution >= 4 is 11.8 Å². The van der Waals surface area contributed by atoms with Gasteiger partial charge < -0.3 is 0 Å². The molecule has 4 heteroatoms. The maximum atomic E-state index is 4.22. The van der Waals surface area contributed by atoms with Crippen LogP contribution in [0.2, 0.25) is 0 Å². The van der Waals surface area contributed by atoms with Gasteiger partial charge in [0.05, 0.1) is 0 Å². The minimum atomic E-state index is 0.843. The molecule has 0 aliphatic carbocycles. The molecule has 3 nitrogen and oxygen atoms in total. The molecule has 0 saturated heterocycles. The summed E-state index contributed by atoms with van der Waals surface area (Å²) in [5.41, 5.74) is 3.80. The summed E-state index contributed by atoms with van der Waals surface area (Å²) in [4.78, 5) is 5.58. The highest BCUT2D eigenvalue weighted by molar-refractivity contribution is 7.99. The molecule has 1 aromatic carbocycles. The van der Waals surface area contributed by atoms with Crippen molar-refractivity contribution in [3.63, 3.8) is 0 Å². The van der Waals surface area contributed by atoms with Crippen LogP contribution in [-0.4, -0.2) is 20.9 Å². The van der Waals surface area contributed by atoms with E-state index < -0.39 is 0 Å². The van der Waals surface area contributed by atoms with Gasteiger partial charge in [0, 0.05) is 10.5 Å². The van der Waals surface area contributed by atoms with E-state index in [9.17, 15) is 0 Å². The Morgan fingerprint density at radius 1 is 1.28 bits per heavy atom. The van der Waals surface area contributed by atoms with Crippen molar-refractivity contribution in [2.24, 2.45) is 0 Å². The Morgan fingerprint density at radius 3 is 2.78 bits per heavy atom. The topological polar surface area (TPSA) is 41.6 Å². The zero-order valence-electron chi connectivity index (χ0n) is 11.2. The first-order valence-electron chi connectivity index (χ1n) is 6.32. The molecule has 96 valence electrons. The van der Waals surface area contributed by atoms with E-state index in [0.717, 1.165) is 11.4 Å². The summed E-state index contributed by atoms with van der Waals surface area (Å²) in [6, 6.07) is 4.38. The number of rotatable bonds is 5. The van der Waals surface area contributed by atoms with Crippen LogP contribution in [0.25, 0.3) is 11.4 Å². The number of thioether (sulfide) groups is 1. The van der Waals surface area contributed by atoms with Crippen LogP contribution in [0.4, 0.5) is 0 Å². The molecular formula is C14H19N3S. The van der Waals surface area contributed by atoms with Crippen LogP contribution in [0.5, 0.6) is 0 Å². The molecule has 0 spiro atoms. The largest absolute Gasteiger partial charge is 0.259 e. The number of unbranched alkanes of at least 4 members (excludes halogenated alkanes) is 1. The van der Waals surface area contributed by atoms with Crippen LogP contribution in [-0.2, 0) is 0 Å². The molecule has 0 unspecified atom stereocenters. The molecule has 0 aliphatic heterocycles. The molecule has 1 N–H and O–H groups in total. The lowest BCUT2D eigenvalue weighted by molar-refractivity contribution is 0.896. The number of hydrogen-bond acceptors (Lipinski definition) is 3. The average Bonchev–Trinajstić information content (AvgIpc) is 2.88. The van der Waals surface area contributed by atoms with Crippen LogP contribution in [0, 0.1) is 13.8 Å². The van der Waals surface area contributed by atoms with Gasteiger partial charge in [-0.25, -0.2) is 4.98 Å². The molecule has 1 heterocycles. The lowest BCUT2D eigenvalue weighted by Crippen LogP contribution is -1.91. The molecule has 0 fully saturated rings. The maximum absolute atomic E-state index is 4.22. The highest BCUT2D eigenvalue weighted by atomic mass is 32.2. The molecule has 0 radical (unpaired) electrons. The number of aromatic nitrogens is 3. The molecule has 0 amide bonds. The fraction of sp³-hybridized carbons (Fsp3) is 0.429. The number of nitrogens with one attached hydrogen (secondary N) is 1. The third-order valence-corrected chi connectivity index (χ3v) is 4.29. The lowest BCUT2D eigenvalue weighted by atomic mass is 10.1. The normalized spacial score (nSPS) is 10.8. The quantitative estimate of drug-likeness (QED) is 0.654. The summed E-state index contributed by atoms with van der Waals surface area (Å²) in [7, 11) is 0.